The van der Waals surface area contributed by atoms with Gasteiger partial charge in [-0.1, -0.05) is 0 Å². The lowest BCUT2D eigenvalue weighted by Gasteiger charge is -2.22. The highest BCUT2D eigenvalue weighted by molar-refractivity contribution is 5.95. The van der Waals surface area contributed by atoms with Crippen LogP contribution >= 0.6 is 0 Å². The third kappa shape index (κ3) is 3.10. The number of rotatable bonds is 3. The molecule has 0 radical (unpaired) electrons. The molecule has 23 heavy (non-hydrogen) atoms. The molecule has 122 valence electrons. The van der Waals surface area contributed by atoms with E-state index in [0.29, 0.717) is 17.9 Å². The second-order valence-corrected chi connectivity index (χ2v) is 5.49. The van der Waals surface area contributed by atoms with Crippen molar-refractivity contribution in [3.63, 3.8) is 0 Å². The molecule has 0 spiro atoms. The molecule has 0 N–H and O–H groups in total. The van der Waals surface area contributed by atoms with Crippen molar-refractivity contribution >= 4 is 5.97 Å². The van der Waals surface area contributed by atoms with E-state index in [1.165, 1.54) is 7.11 Å². The lowest BCUT2D eigenvalue weighted by atomic mass is 10.1. The number of hydrogen-bond donors (Lipinski definition) is 0. The second-order valence-electron chi connectivity index (χ2n) is 5.49. The van der Waals surface area contributed by atoms with Crippen molar-refractivity contribution in [2.45, 2.75) is 32.4 Å². The van der Waals surface area contributed by atoms with Crippen LogP contribution in [0.1, 0.15) is 41.7 Å². The second kappa shape index (κ2) is 6.45. The summed E-state index contributed by atoms with van der Waals surface area (Å²) >= 11 is 0. The molecule has 2 aromatic rings. The maximum Gasteiger partial charge on any atom is 0.359 e. The summed E-state index contributed by atoms with van der Waals surface area (Å²) in [6.07, 6.45) is 5.37. The molecule has 1 saturated heterocycles. The summed E-state index contributed by atoms with van der Waals surface area (Å²) in [4.78, 5) is 15.9. The summed E-state index contributed by atoms with van der Waals surface area (Å²) in [5.74, 6) is -1.12. The molecule has 1 fully saturated rings. The van der Waals surface area contributed by atoms with Gasteiger partial charge in [0.15, 0.2) is 5.69 Å². The van der Waals surface area contributed by atoms with Gasteiger partial charge in [-0.25, -0.2) is 13.9 Å². The van der Waals surface area contributed by atoms with Crippen LogP contribution in [0, 0.1) is 12.7 Å². The van der Waals surface area contributed by atoms with Gasteiger partial charge in [-0.15, -0.1) is 0 Å². The molecule has 0 aliphatic carbocycles. The van der Waals surface area contributed by atoms with E-state index < -0.39 is 11.8 Å². The van der Waals surface area contributed by atoms with Crippen molar-refractivity contribution in [2.24, 2.45) is 0 Å². The van der Waals surface area contributed by atoms with Gasteiger partial charge in [0.1, 0.15) is 12.0 Å². The van der Waals surface area contributed by atoms with Gasteiger partial charge >= 0.3 is 5.97 Å². The Kier molecular flexibility index (Phi) is 4.38. The van der Waals surface area contributed by atoms with Crippen molar-refractivity contribution in [2.75, 3.05) is 13.7 Å². The Labute approximate surface area is 133 Å². The molecule has 1 aliphatic heterocycles. The normalized spacial score (nSPS) is 18.0. The molecule has 3 heterocycles. The fourth-order valence-electron chi connectivity index (χ4n) is 2.67. The highest BCUT2D eigenvalue weighted by atomic mass is 19.1. The van der Waals surface area contributed by atoms with Gasteiger partial charge in [-0.2, -0.15) is 5.10 Å². The largest absolute Gasteiger partial charge is 0.464 e. The van der Waals surface area contributed by atoms with E-state index in [1.54, 1.807) is 23.9 Å². The zero-order valence-corrected chi connectivity index (χ0v) is 13.1. The first-order valence-electron chi connectivity index (χ1n) is 7.51. The van der Waals surface area contributed by atoms with Gasteiger partial charge in [-0.05, 0) is 32.3 Å². The van der Waals surface area contributed by atoms with Gasteiger partial charge < -0.3 is 9.47 Å². The minimum absolute atomic E-state index is 0.0752. The molecule has 1 aliphatic rings. The molecule has 6 nitrogen and oxygen atoms in total. The van der Waals surface area contributed by atoms with Crippen LogP contribution in [-0.4, -0.2) is 34.5 Å². The van der Waals surface area contributed by atoms with Gasteiger partial charge in [0.05, 0.1) is 13.3 Å². The van der Waals surface area contributed by atoms with Crippen LogP contribution in [0.15, 0.2) is 18.5 Å². The summed E-state index contributed by atoms with van der Waals surface area (Å²) in [6, 6.07) is 1.59. The lowest BCUT2D eigenvalue weighted by molar-refractivity contribution is -0.0396. The summed E-state index contributed by atoms with van der Waals surface area (Å²) < 4.78 is 26.2. The molecule has 1 unspecified atom stereocenters. The Morgan fingerprint density at radius 3 is 2.96 bits per heavy atom. The molecule has 0 bridgehead atoms. The van der Waals surface area contributed by atoms with Crippen LogP contribution in [-0.2, 0) is 9.47 Å². The number of aromatic nitrogens is 3. The number of carbonyl (C=O) groups excluding carboxylic acids is 1. The number of halogens is 1. The van der Waals surface area contributed by atoms with Crippen LogP contribution in [0.3, 0.4) is 0 Å². The molecule has 7 heteroatoms. The fourth-order valence-corrected chi connectivity index (χ4v) is 2.67. The quantitative estimate of drug-likeness (QED) is 0.814. The number of ether oxygens (including phenoxy) is 2. The number of methoxy groups -OCH3 is 1. The van der Waals surface area contributed by atoms with Gasteiger partial charge in [0.25, 0.3) is 0 Å². The van der Waals surface area contributed by atoms with Gasteiger partial charge in [0, 0.05) is 29.6 Å². The first kappa shape index (κ1) is 15.6. The summed E-state index contributed by atoms with van der Waals surface area (Å²) in [7, 11) is 1.27. The van der Waals surface area contributed by atoms with Crippen LogP contribution in [0.25, 0.3) is 11.1 Å². The summed E-state index contributed by atoms with van der Waals surface area (Å²) in [5, 5.41) is 4.28. The van der Waals surface area contributed by atoms with E-state index in [-0.39, 0.29) is 17.5 Å². The SMILES string of the molecule is COC(=O)c1nn(C2CCCCO2)cc1-c1cc(C)ncc1F. The number of carbonyl (C=O) groups is 1. The van der Waals surface area contributed by atoms with E-state index >= 15 is 0 Å². The average Bonchev–Trinajstić information content (AvgIpc) is 3.02. The van der Waals surface area contributed by atoms with Crippen LogP contribution in [0.4, 0.5) is 4.39 Å². The van der Waals surface area contributed by atoms with Crippen molar-refractivity contribution < 1.29 is 18.7 Å². The number of hydrogen-bond acceptors (Lipinski definition) is 5. The standard InChI is InChI=1S/C16H18FN3O3/c1-10-7-11(13(17)8-18-10)12-9-20(14-5-3-4-6-23-14)19-15(12)16(21)22-2/h7-9,14H,3-6H2,1-2H3. The van der Waals surface area contributed by atoms with Gasteiger partial charge in [-0.3, -0.25) is 4.98 Å². The van der Waals surface area contributed by atoms with E-state index in [2.05, 4.69) is 10.1 Å². The van der Waals surface area contributed by atoms with Crippen molar-refractivity contribution in [1.29, 1.82) is 0 Å². The molecule has 0 aromatic carbocycles. The van der Waals surface area contributed by atoms with E-state index in [9.17, 15) is 9.18 Å². The zero-order valence-electron chi connectivity index (χ0n) is 13.1. The number of esters is 1. The fraction of sp³-hybridized carbons (Fsp3) is 0.438. The number of aryl methyl sites for hydroxylation is 1. The third-order valence-corrected chi connectivity index (χ3v) is 3.84. The molecular formula is C16H18FN3O3. The predicted molar refractivity (Wildman–Crippen MR) is 80.3 cm³/mol. The summed E-state index contributed by atoms with van der Waals surface area (Å²) in [6.45, 7) is 2.41. The lowest BCUT2D eigenvalue weighted by Crippen LogP contribution is -2.19. The van der Waals surface area contributed by atoms with Crippen molar-refractivity contribution in [1.82, 2.24) is 14.8 Å². The van der Waals surface area contributed by atoms with E-state index in [0.717, 1.165) is 25.5 Å². The van der Waals surface area contributed by atoms with E-state index in [4.69, 9.17) is 9.47 Å². The molecule has 3 rings (SSSR count). The molecular weight excluding hydrogens is 301 g/mol. The Morgan fingerprint density at radius 1 is 1.43 bits per heavy atom. The van der Waals surface area contributed by atoms with Crippen LogP contribution in [0.2, 0.25) is 0 Å². The topological polar surface area (TPSA) is 66.2 Å². The average molecular weight is 319 g/mol. The van der Waals surface area contributed by atoms with Crippen molar-refractivity contribution in [3.8, 4) is 11.1 Å². The number of pyridine rings is 1. The van der Waals surface area contributed by atoms with Gasteiger partial charge in [0.2, 0.25) is 0 Å². The first-order valence-corrected chi connectivity index (χ1v) is 7.51. The Balaban J connectivity index is 2.08. The van der Waals surface area contributed by atoms with Crippen LogP contribution in [0.5, 0.6) is 0 Å². The Bertz CT molecular complexity index is 723. The maximum atomic E-state index is 14.2. The highest BCUT2D eigenvalue weighted by Gasteiger charge is 2.25. The monoisotopic (exact) mass is 319 g/mol. The Morgan fingerprint density at radius 2 is 2.26 bits per heavy atom. The number of nitrogens with zero attached hydrogens (tertiary/aromatic N) is 3. The molecule has 2 aromatic heterocycles. The summed E-state index contributed by atoms with van der Waals surface area (Å²) in [5.41, 5.74) is 1.39. The zero-order chi connectivity index (χ0) is 16.4. The molecule has 0 amide bonds. The minimum Gasteiger partial charge on any atom is -0.464 e. The smallest absolute Gasteiger partial charge is 0.359 e. The minimum atomic E-state index is -0.608. The molecule has 1 atom stereocenters. The third-order valence-electron chi connectivity index (χ3n) is 3.84. The van der Waals surface area contributed by atoms with Crippen LogP contribution < -0.4 is 0 Å². The van der Waals surface area contributed by atoms with Crippen molar-refractivity contribution in [3.05, 3.63) is 35.7 Å². The van der Waals surface area contributed by atoms with E-state index in [1.807, 2.05) is 0 Å². The Hall–Kier alpha value is -2.28. The first-order chi connectivity index (χ1) is 11.1. The highest BCUT2D eigenvalue weighted by Crippen LogP contribution is 2.30. The predicted octanol–water partition coefficient (Wildman–Crippen LogP) is 2.88. The molecule has 0 saturated carbocycles. The maximum absolute atomic E-state index is 14.2.